The molecule has 0 saturated heterocycles. The van der Waals surface area contributed by atoms with E-state index >= 15 is 0 Å². The van der Waals surface area contributed by atoms with Crippen molar-refractivity contribution in [3.63, 3.8) is 0 Å². The summed E-state index contributed by atoms with van der Waals surface area (Å²) >= 11 is 6.14. The quantitative estimate of drug-likeness (QED) is 0.396. The molecule has 34 heavy (non-hydrogen) atoms. The fourth-order valence-corrected chi connectivity index (χ4v) is 6.67. The molecule has 1 aromatic heterocycles. The maximum absolute atomic E-state index is 14.1. The monoisotopic (exact) mass is 501 g/mol. The zero-order chi connectivity index (χ0) is 24.8. The third-order valence-corrected chi connectivity index (χ3v) is 8.65. The van der Waals surface area contributed by atoms with Crippen molar-refractivity contribution < 1.29 is 23.1 Å². The first-order valence-corrected chi connectivity index (χ1v) is 13.1. The molecule has 0 saturated carbocycles. The second-order valence-corrected chi connectivity index (χ2v) is 11.6. The third-order valence-electron chi connectivity index (χ3n) is 6.39. The number of carboxylic acid groups (broad SMARTS) is 1. The van der Waals surface area contributed by atoms with Crippen molar-refractivity contribution in [1.82, 2.24) is 3.97 Å². The van der Waals surface area contributed by atoms with Gasteiger partial charge in [0, 0.05) is 16.1 Å². The lowest BCUT2D eigenvalue weighted by molar-refractivity contribution is -0.138. The standard InChI is InChI=1S/C26H28ClNO5S/c1-5-20(25(29)30)22-15-18-14-19(27)8-9-21(18)28(22)34(31,32)24(6-2)17-7-10-23-16(13-17)11-12-26(3,4)33-23/h6-10,13-15,20,24H,2,5,11-12H2,1,3-4H3,(H,29,30). The molecule has 2 aromatic carbocycles. The van der Waals surface area contributed by atoms with E-state index in [1.165, 1.54) is 6.08 Å². The molecular formula is C26H28ClNO5S. The predicted octanol–water partition coefficient (Wildman–Crippen LogP) is 6.08. The lowest BCUT2D eigenvalue weighted by Crippen LogP contribution is -2.32. The topological polar surface area (TPSA) is 85.6 Å². The van der Waals surface area contributed by atoms with Crippen LogP contribution in [0, 0.1) is 0 Å². The average Bonchev–Trinajstić information content (AvgIpc) is 3.12. The molecule has 0 fully saturated rings. The number of hydrogen-bond donors (Lipinski definition) is 1. The first kappa shape index (κ1) is 24.4. The van der Waals surface area contributed by atoms with E-state index < -0.39 is 27.2 Å². The molecule has 2 unspecified atom stereocenters. The van der Waals surface area contributed by atoms with Crippen molar-refractivity contribution in [2.75, 3.05) is 0 Å². The van der Waals surface area contributed by atoms with Gasteiger partial charge in [-0.2, -0.15) is 0 Å². The van der Waals surface area contributed by atoms with Gasteiger partial charge < -0.3 is 9.84 Å². The summed E-state index contributed by atoms with van der Waals surface area (Å²) in [5.41, 5.74) is 1.81. The van der Waals surface area contributed by atoms with E-state index in [2.05, 4.69) is 6.58 Å². The van der Waals surface area contributed by atoms with Crippen LogP contribution in [0.2, 0.25) is 5.02 Å². The molecule has 0 radical (unpaired) electrons. The van der Waals surface area contributed by atoms with Gasteiger partial charge in [-0.1, -0.05) is 36.7 Å². The Kier molecular flexibility index (Phi) is 6.29. The number of halogens is 1. The lowest BCUT2D eigenvalue weighted by Gasteiger charge is -2.33. The zero-order valence-electron chi connectivity index (χ0n) is 19.4. The minimum atomic E-state index is -4.12. The highest BCUT2D eigenvalue weighted by atomic mass is 35.5. The molecule has 2 heterocycles. The van der Waals surface area contributed by atoms with Gasteiger partial charge in [-0.25, -0.2) is 12.4 Å². The van der Waals surface area contributed by atoms with Gasteiger partial charge in [0.15, 0.2) is 0 Å². The molecule has 180 valence electrons. The molecule has 0 bridgehead atoms. The lowest BCUT2D eigenvalue weighted by atomic mass is 9.93. The maximum Gasteiger partial charge on any atom is 0.312 e. The number of carbonyl (C=O) groups is 1. The summed E-state index contributed by atoms with van der Waals surface area (Å²) in [4.78, 5) is 12.0. The third kappa shape index (κ3) is 4.23. The van der Waals surface area contributed by atoms with Gasteiger partial charge in [-0.3, -0.25) is 4.79 Å². The van der Waals surface area contributed by atoms with Gasteiger partial charge in [-0.15, -0.1) is 6.58 Å². The minimum Gasteiger partial charge on any atom is -0.488 e. The number of fused-ring (bicyclic) bond motifs is 2. The highest BCUT2D eigenvalue weighted by molar-refractivity contribution is 7.90. The summed E-state index contributed by atoms with van der Waals surface area (Å²) in [6, 6.07) is 11.8. The van der Waals surface area contributed by atoms with Crippen molar-refractivity contribution in [2.24, 2.45) is 0 Å². The molecule has 4 rings (SSSR count). The van der Waals surface area contributed by atoms with E-state index in [1.807, 2.05) is 19.9 Å². The van der Waals surface area contributed by atoms with Gasteiger partial charge in [0.1, 0.15) is 16.6 Å². The molecular weight excluding hydrogens is 474 g/mol. The van der Waals surface area contributed by atoms with Gasteiger partial charge in [0.2, 0.25) is 10.0 Å². The van der Waals surface area contributed by atoms with Crippen molar-refractivity contribution in [1.29, 1.82) is 0 Å². The van der Waals surface area contributed by atoms with Crippen molar-refractivity contribution >= 4 is 38.5 Å². The van der Waals surface area contributed by atoms with E-state index in [9.17, 15) is 18.3 Å². The molecule has 3 aromatic rings. The van der Waals surface area contributed by atoms with Crippen LogP contribution in [0.5, 0.6) is 5.75 Å². The van der Waals surface area contributed by atoms with Crippen LogP contribution in [-0.4, -0.2) is 29.1 Å². The van der Waals surface area contributed by atoms with Gasteiger partial charge >= 0.3 is 5.97 Å². The molecule has 0 amide bonds. The molecule has 2 atom stereocenters. The Labute approximate surface area is 204 Å². The van der Waals surface area contributed by atoms with E-state index in [-0.39, 0.29) is 17.7 Å². The minimum absolute atomic E-state index is 0.196. The number of rotatable bonds is 7. The second-order valence-electron chi connectivity index (χ2n) is 9.27. The predicted molar refractivity (Wildman–Crippen MR) is 134 cm³/mol. The summed E-state index contributed by atoms with van der Waals surface area (Å²) in [5, 5.41) is 9.74. The van der Waals surface area contributed by atoms with Crippen LogP contribution in [0.1, 0.15) is 61.6 Å². The number of aromatic nitrogens is 1. The van der Waals surface area contributed by atoms with E-state index in [0.29, 0.717) is 21.5 Å². The Balaban J connectivity index is 1.89. The summed E-state index contributed by atoms with van der Waals surface area (Å²) in [6.07, 6.45) is 3.21. The number of hydrogen-bond acceptors (Lipinski definition) is 4. The Morgan fingerprint density at radius 1 is 1.26 bits per heavy atom. The molecule has 0 spiro atoms. The van der Waals surface area contributed by atoms with E-state index in [4.69, 9.17) is 16.3 Å². The highest BCUT2D eigenvalue weighted by Crippen LogP contribution is 2.39. The van der Waals surface area contributed by atoms with Gasteiger partial charge in [0.05, 0.1) is 11.4 Å². The largest absolute Gasteiger partial charge is 0.488 e. The van der Waals surface area contributed by atoms with Crippen LogP contribution in [0.15, 0.2) is 55.1 Å². The van der Waals surface area contributed by atoms with E-state index in [1.54, 1.807) is 43.3 Å². The van der Waals surface area contributed by atoms with Crippen molar-refractivity contribution in [3.8, 4) is 5.75 Å². The summed E-state index contributed by atoms with van der Waals surface area (Å²) in [5.74, 6) is -1.33. The second kappa shape index (κ2) is 8.78. The van der Waals surface area contributed by atoms with Crippen LogP contribution in [0.3, 0.4) is 0 Å². The van der Waals surface area contributed by atoms with Crippen LogP contribution in [0.4, 0.5) is 0 Å². The SMILES string of the molecule is C=CC(c1ccc2c(c1)CCC(C)(C)O2)S(=O)(=O)n1c(C(CC)C(=O)O)cc2cc(Cl)ccc21. The van der Waals surface area contributed by atoms with Crippen LogP contribution in [-0.2, 0) is 21.2 Å². The highest BCUT2D eigenvalue weighted by Gasteiger charge is 2.35. The summed E-state index contributed by atoms with van der Waals surface area (Å²) < 4.78 is 35.4. The summed E-state index contributed by atoms with van der Waals surface area (Å²) in [7, 11) is -4.12. The van der Waals surface area contributed by atoms with Crippen LogP contribution < -0.4 is 4.74 Å². The number of aryl methyl sites for hydroxylation is 1. The Hall–Kier alpha value is -2.77. The Morgan fingerprint density at radius 3 is 2.65 bits per heavy atom. The van der Waals surface area contributed by atoms with Crippen LogP contribution >= 0.6 is 11.6 Å². The first-order valence-electron chi connectivity index (χ1n) is 11.2. The molecule has 0 aliphatic carbocycles. The first-order chi connectivity index (χ1) is 16.0. The zero-order valence-corrected chi connectivity index (χ0v) is 21.0. The van der Waals surface area contributed by atoms with E-state index in [0.717, 1.165) is 28.1 Å². The molecule has 1 aliphatic heterocycles. The molecule has 8 heteroatoms. The molecule has 1 N–H and O–H groups in total. The smallest absolute Gasteiger partial charge is 0.312 e. The number of nitrogens with zero attached hydrogens (tertiary/aromatic N) is 1. The fourth-order valence-electron chi connectivity index (χ4n) is 4.62. The van der Waals surface area contributed by atoms with Gasteiger partial charge in [-0.05, 0) is 74.6 Å². The van der Waals surface area contributed by atoms with Gasteiger partial charge in [0.25, 0.3) is 0 Å². The number of aliphatic carboxylic acids is 1. The normalized spacial score (nSPS) is 16.9. The van der Waals surface area contributed by atoms with Crippen LogP contribution in [0.25, 0.3) is 10.9 Å². The molecule has 6 nitrogen and oxygen atoms in total. The average molecular weight is 502 g/mol. The summed E-state index contributed by atoms with van der Waals surface area (Å²) in [6.45, 7) is 9.58. The number of ether oxygens (including phenoxy) is 1. The van der Waals surface area contributed by atoms with Crippen molar-refractivity contribution in [2.45, 2.75) is 56.8 Å². The number of carboxylic acids is 1. The molecule has 1 aliphatic rings. The van der Waals surface area contributed by atoms with Crippen molar-refractivity contribution in [3.05, 3.63) is 77.0 Å². The maximum atomic E-state index is 14.1. The fraction of sp³-hybridized carbons (Fsp3) is 0.346. The number of benzene rings is 2. The Morgan fingerprint density at radius 2 is 2.00 bits per heavy atom. The Bertz CT molecular complexity index is 1390.